The van der Waals surface area contributed by atoms with E-state index in [2.05, 4.69) is 42.5 Å². The van der Waals surface area contributed by atoms with Gasteiger partial charge in [-0.25, -0.2) is 0 Å². The SMILES string of the molecule is CCC(C)(C)C(=O)OCC(O)COCCCCCCCCCCOc1ccc2ccccc2c1. The van der Waals surface area contributed by atoms with Crippen molar-refractivity contribution >= 4 is 16.7 Å². The third-order valence-electron chi connectivity index (χ3n) is 6.33. The molecule has 0 spiro atoms. The Labute approximate surface area is 205 Å². The minimum absolute atomic E-state index is 0.00440. The van der Waals surface area contributed by atoms with E-state index in [1.54, 1.807) is 0 Å². The van der Waals surface area contributed by atoms with Gasteiger partial charge in [-0.3, -0.25) is 4.79 Å². The molecule has 0 amide bonds. The fourth-order valence-electron chi connectivity index (χ4n) is 3.59. The lowest BCUT2D eigenvalue weighted by molar-refractivity contribution is -0.158. The second-order valence-corrected chi connectivity index (χ2v) is 9.75. The van der Waals surface area contributed by atoms with Gasteiger partial charge >= 0.3 is 5.97 Å². The Morgan fingerprint density at radius 1 is 0.853 bits per heavy atom. The highest BCUT2D eigenvalue weighted by Crippen LogP contribution is 2.22. The Morgan fingerprint density at radius 2 is 1.47 bits per heavy atom. The molecule has 190 valence electrons. The fraction of sp³-hybridized carbons (Fsp3) is 0.621. The summed E-state index contributed by atoms with van der Waals surface area (Å²) in [6.45, 7) is 7.26. The summed E-state index contributed by atoms with van der Waals surface area (Å²) in [4.78, 5) is 11.9. The molecular weight excluding hydrogens is 428 g/mol. The number of aliphatic hydroxyl groups excluding tert-OH is 1. The van der Waals surface area contributed by atoms with Gasteiger partial charge in [-0.2, -0.15) is 0 Å². The zero-order valence-corrected chi connectivity index (χ0v) is 21.4. The smallest absolute Gasteiger partial charge is 0.311 e. The highest BCUT2D eigenvalue weighted by atomic mass is 16.5. The van der Waals surface area contributed by atoms with Crippen LogP contribution in [0.1, 0.15) is 78.6 Å². The first-order valence-electron chi connectivity index (χ1n) is 13.0. The lowest BCUT2D eigenvalue weighted by atomic mass is 9.91. The van der Waals surface area contributed by atoms with E-state index in [1.165, 1.54) is 42.9 Å². The van der Waals surface area contributed by atoms with Crippen LogP contribution in [0.3, 0.4) is 0 Å². The van der Waals surface area contributed by atoms with Crippen LogP contribution in [0.2, 0.25) is 0 Å². The van der Waals surface area contributed by atoms with Crippen LogP contribution in [-0.4, -0.2) is 43.6 Å². The maximum Gasteiger partial charge on any atom is 0.311 e. The summed E-state index contributed by atoms with van der Waals surface area (Å²) in [5.41, 5.74) is -0.508. The van der Waals surface area contributed by atoms with Crippen LogP contribution < -0.4 is 4.74 Å². The van der Waals surface area contributed by atoms with E-state index in [1.807, 2.05) is 20.8 Å². The Balaban J connectivity index is 1.36. The highest BCUT2D eigenvalue weighted by Gasteiger charge is 2.27. The van der Waals surface area contributed by atoms with Gasteiger partial charge in [0.25, 0.3) is 0 Å². The number of carbonyl (C=O) groups excluding carboxylic acids is 1. The average molecular weight is 473 g/mol. The summed E-state index contributed by atoms with van der Waals surface area (Å²) in [6.07, 6.45) is 9.34. The van der Waals surface area contributed by atoms with E-state index in [4.69, 9.17) is 14.2 Å². The number of rotatable bonds is 18. The number of esters is 1. The lowest BCUT2D eigenvalue weighted by Crippen LogP contribution is -2.30. The van der Waals surface area contributed by atoms with Gasteiger partial charge in [-0.15, -0.1) is 0 Å². The molecule has 0 saturated carbocycles. The molecule has 1 unspecified atom stereocenters. The van der Waals surface area contributed by atoms with Gasteiger partial charge in [0.05, 0.1) is 18.6 Å². The topological polar surface area (TPSA) is 65.0 Å². The largest absolute Gasteiger partial charge is 0.494 e. The Bertz CT molecular complexity index is 832. The maximum atomic E-state index is 11.9. The quantitative estimate of drug-likeness (QED) is 0.193. The Hall–Kier alpha value is -2.11. The van der Waals surface area contributed by atoms with Crippen molar-refractivity contribution < 1.29 is 24.1 Å². The molecule has 0 saturated heterocycles. The Morgan fingerprint density at radius 3 is 2.15 bits per heavy atom. The number of aliphatic hydroxyl groups is 1. The highest BCUT2D eigenvalue weighted by molar-refractivity contribution is 5.83. The third kappa shape index (κ3) is 10.9. The van der Waals surface area contributed by atoms with Gasteiger partial charge in [0.2, 0.25) is 0 Å². The summed E-state index contributed by atoms with van der Waals surface area (Å²) in [6, 6.07) is 14.6. The first-order valence-corrected chi connectivity index (χ1v) is 13.0. The van der Waals surface area contributed by atoms with Gasteiger partial charge in [0.1, 0.15) is 18.5 Å². The fourth-order valence-corrected chi connectivity index (χ4v) is 3.59. The van der Waals surface area contributed by atoms with E-state index in [0.717, 1.165) is 31.6 Å². The molecule has 34 heavy (non-hydrogen) atoms. The van der Waals surface area contributed by atoms with Gasteiger partial charge < -0.3 is 19.3 Å². The molecule has 0 heterocycles. The molecule has 2 aromatic rings. The number of ether oxygens (including phenoxy) is 3. The van der Waals surface area contributed by atoms with Crippen LogP contribution in [-0.2, 0) is 14.3 Å². The number of fused-ring (bicyclic) bond motifs is 1. The van der Waals surface area contributed by atoms with Crippen molar-refractivity contribution in [2.45, 2.75) is 84.7 Å². The molecule has 5 heteroatoms. The van der Waals surface area contributed by atoms with Gasteiger partial charge in [-0.1, -0.05) is 75.8 Å². The van der Waals surface area contributed by atoms with Crippen LogP contribution in [0.15, 0.2) is 42.5 Å². The van der Waals surface area contributed by atoms with E-state index in [9.17, 15) is 9.90 Å². The first-order chi connectivity index (χ1) is 16.4. The van der Waals surface area contributed by atoms with Gasteiger partial charge in [0.15, 0.2) is 0 Å². The molecule has 0 aliphatic heterocycles. The monoisotopic (exact) mass is 472 g/mol. The van der Waals surface area contributed by atoms with Crippen molar-refractivity contribution in [3.63, 3.8) is 0 Å². The molecule has 5 nitrogen and oxygen atoms in total. The molecular formula is C29H44O5. The van der Waals surface area contributed by atoms with E-state index in [-0.39, 0.29) is 19.2 Å². The van der Waals surface area contributed by atoms with Crippen LogP contribution in [0.25, 0.3) is 10.8 Å². The number of benzene rings is 2. The van der Waals surface area contributed by atoms with Crippen molar-refractivity contribution in [2.75, 3.05) is 26.4 Å². The minimum Gasteiger partial charge on any atom is -0.494 e. The number of hydrogen-bond donors (Lipinski definition) is 1. The van der Waals surface area contributed by atoms with Crippen molar-refractivity contribution in [3.05, 3.63) is 42.5 Å². The minimum atomic E-state index is -0.762. The standard InChI is InChI=1S/C29H44O5/c1-4-29(2,3)28(31)34-23-26(30)22-32-19-13-9-7-5-6-8-10-14-20-33-27-18-17-24-15-11-12-16-25(24)21-27/h11-12,15-18,21,26,30H,4-10,13-14,19-20,22-23H2,1-3H3. The average Bonchev–Trinajstić information content (AvgIpc) is 2.85. The number of hydrogen-bond acceptors (Lipinski definition) is 5. The molecule has 0 aliphatic rings. The Kier molecular flexibility index (Phi) is 13.0. The molecule has 2 rings (SSSR count). The zero-order chi connectivity index (χ0) is 24.7. The molecule has 0 fully saturated rings. The van der Waals surface area contributed by atoms with Crippen LogP contribution in [0, 0.1) is 5.41 Å². The van der Waals surface area contributed by atoms with E-state index in [0.29, 0.717) is 13.0 Å². The first kappa shape index (κ1) is 28.1. The summed E-state index contributed by atoms with van der Waals surface area (Å²) < 4.78 is 16.6. The van der Waals surface area contributed by atoms with Crippen LogP contribution in [0.5, 0.6) is 5.75 Å². The predicted octanol–water partition coefficient (Wildman–Crippen LogP) is 6.70. The van der Waals surface area contributed by atoms with E-state index < -0.39 is 11.5 Å². The summed E-state index contributed by atoms with van der Waals surface area (Å²) in [7, 11) is 0. The predicted molar refractivity (Wildman–Crippen MR) is 138 cm³/mol. The normalized spacial score (nSPS) is 12.6. The summed E-state index contributed by atoms with van der Waals surface area (Å²) >= 11 is 0. The van der Waals surface area contributed by atoms with E-state index >= 15 is 0 Å². The molecule has 1 atom stereocenters. The van der Waals surface area contributed by atoms with Crippen molar-refractivity contribution in [1.29, 1.82) is 0 Å². The maximum absolute atomic E-state index is 11.9. The zero-order valence-electron chi connectivity index (χ0n) is 21.4. The third-order valence-corrected chi connectivity index (χ3v) is 6.33. The molecule has 1 N–H and O–H groups in total. The van der Waals surface area contributed by atoms with Gasteiger partial charge in [0, 0.05) is 6.61 Å². The number of carbonyl (C=O) groups is 1. The summed E-state index contributed by atoms with van der Waals surface area (Å²) in [5.74, 6) is 0.682. The second kappa shape index (κ2) is 15.7. The number of unbranched alkanes of at least 4 members (excludes halogenated alkanes) is 7. The second-order valence-electron chi connectivity index (χ2n) is 9.75. The van der Waals surface area contributed by atoms with Crippen molar-refractivity contribution in [2.24, 2.45) is 5.41 Å². The van der Waals surface area contributed by atoms with Gasteiger partial charge in [-0.05, 0) is 56.0 Å². The van der Waals surface area contributed by atoms with Crippen LogP contribution in [0.4, 0.5) is 0 Å². The molecule has 2 aromatic carbocycles. The van der Waals surface area contributed by atoms with Crippen molar-refractivity contribution in [3.8, 4) is 5.75 Å². The molecule has 0 radical (unpaired) electrons. The molecule has 0 aromatic heterocycles. The summed E-state index contributed by atoms with van der Waals surface area (Å²) in [5, 5.41) is 12.4. The molecule has 0 aliphatic carbocycles. The van der Waals surface area contributed by atoms with Crippen molar-refractivity contribution in [1.82, 2.24) is 0 Å². The van der Waals surface area contributed by atoms with Crippen LogP contribution >= 0.6 is 0 Å². The molecule has 0 bridgehead atoms. The lowest BCUT2D eigenvalue weighted by Gasteiger charge is -2.21.